The second-order valence-corrected chi connectivity index (χ2v) is 6.24. The number of hydrogen-bond donors (Lipinski definition) is 3. The maximum atomic E-state index is 12.3. The van der Waals surface area contributed by atoms with E-state index in [1.54, 1.807) is 6.20 Å². The van der Waals surface area contributed by atoms with Gasteiger partial charge in [-0.1, -0.05) is 12.1 Å². The molecule has 6 nitrogen and oxygen atoms in total. The number of urea groups is 1. The number of aromatic nitrogens is 2. The first-order valence-corrected chi connectivity index (χ1v) is 8.23. The van der Waals surface area contributed by atoms with Crippen molar-refractivity contribution in [3.05, 3.63) is 41.7 Å². The van der Waals surface area contributed by atoms with E-state index < -0.39 is 0 Å². The molecule has 6 heteroatoms. The number of hydrogen-bond acceptors (Lipinski definition) is 3. The summed E-state index contributed by atoms with van der Waals surface area (Å²) in [4.78, 5) is 12.3. The molecule has 1 aromatic heterocycles. The van der Waals surface area contributed by atoms with E-state index in [1.165, 1.54) is 30.4 Å². The van der Waals surface area contributed by atoms with Gasteiger partial charge in [-0.05, 0) is 49.4 Å². The maximum absolute atomic E-state index is 12.3. The number of nitrogens with zero attached hydrogens (tertiary/aromatic N) is 2. The Morgan fingerprint density at radius 3 is 3.04 bits per heavy atom. The van der Waals surface area contributed by atoms with Gasteiger partial charge in [0.2, 0.25) is 0 Å². The van der Waals surface area contributed by atoms with Crippen LogP contribution >= 0.6 is 0 Å². The molecule has 0 bridgehead atoms. The lowest BCUT2D eigenvalue weighted by Gasteiger charge is -2.25. The van der Waals surface area contributed by atoms with E-state index in [4.69, 9.17) is 0 Å². The molecule has 1 aliphatic carbocycles. The second-order valence-electron chi connectivity index (χ2n) is 6.24. The number of anilines is 2. The number of amides is 2. The third kappa shape index (κ3) is 2.94. The lowest BCUT2D eigenvalue weighted by atomic mass is 9.93. The summed E-state index contributed by atoms with van der Waals surface area (Å²) >= 11 is 0. The zero-order valence-corrected chi connectivity index (χ0v) is 13.0. The van der Waals surface area contributed by atoms with Crippen molar-refractivity contribution in [3.8, 4) is 0 Å². The van der Waals surface area contributed by atoms with Crippen LogP contribution in [0.3, 0.4) is 0 Å². The van der Waals surface area contributed by atoms with E-state index in [9.17, 15) is 4.79 Å². The maximum Gasteiger partial charge on any atom is 0.323 e. The fourth-order valence-corrected chi connectivity index (χ4v) is 3.19. The molecular formula is C17H21N5O. The minimum atomic E-state index is -0.218. The minimum Gasteiger partial charge on any atom is -0.312 e. The number of carbonyl (C=O) groups is 1. The predicted molar refractivity (Wildman–Crippen MR) is 89.6 cm³/mol. The van der Waals surface area contributed by atoms with Gasteiger partial charge in [0, 0.05) is 18.4 Å². The van der Waals surface area contributed by atoms with Gasteiger partial charge in [0.25, 0.3) is 0 Å². The number of fused-ring (bicyclic) bond motifs is 1. The van der Waals surface area contributed by atoms with Crippen LogP contribution in [-0.4, -0.2) is 22.4 Å². The van der Waals surface area contributed by atoms with Crippen molar-refractivity contribution in [2.75, 3.05) is 17.2 Å². The first kappa shape index (κ1) is 14.3. The van der Waals surface area contributed by atoms with Crippen molar-refractivity contribution in [2.45, 2.75) is 38.3 Å². The summed E-state index contributed by atoms with van der Waals surface area (Å²) in [6.07, 6.45) is 8.18. The van der Waals surface area contributed by atoms with Gasteiger partial charge in [0.1, 0.15) is 0 Å². The molecule has 120 valence electrons. The Hall–Kier alpha value is -2.34. The first-order chi connectivity index (χ1) is 11.3. The Kier molecular flexibility index (Phi) is 3.75. The number of rotatable bonds is 3. The minimum absolute atomic E-state index is 0.218. The van der Waals surface area contributed by atoms with Gasteiger partial charge in [0.15, 0.2) is 0 Å². The Labute approximate surface area is 135 Å². The largest absolute Gasteiger partial charge is 0.323 e. The van der Waals surface area contributed by atoms with Crippen molar-refractivity contribution >= 4 is 17.4 Å². The fourth-order valence-electron chi connectivity index (χ4n) is 3.19. The van der Waals surface area contributed by atoms with Gasteiger partial charge in [-0.15, -0.1) is 0 Å². The van der Waals surface area contributed by atoms with Crippen LogP contribution in [0.5, 0.6) is 0 Å². The van der Waals surface area contributed by atoms with Crippen LogP contribution in [0.4, 0.5) is 16.2 Å². The van der Waals surface area contributed by atoms with Gasteiger partial charge in [-0.25, -0.2) is 4.79 Å². The summed E-state index contributed by atoms with van der Waals surface area (Å²) < 4.78 is 1.95. The van der Waals surface area contributed by atoms with Gasteiger partial charge in [-0.3, -0.25) is 4.68 Å². The van der Waals surface area contributed by atoms with Gasteiger partial charge < -0.3 is 16.0 Å². The van der Waals surface area contributed by atoms with E-state index in [0.717, 1.165) is 30.9 Å². The van der Waals surface area contributed by atoms with Crippen LogP contribution in [0, 0.1) is 0 Å². The van der Waals surface area contributed by atoms with E-state index in [1.807, 2.05) is 23.0 Å². The molecule has 0 spiro atoms. The molecule has 23 heavy (non-hydrogen) atoms. The molecule has 2 heterocycles. The summed E-state index contributed by atoms with van der Waals surface area (Å²) in [5.41, 5.74) is 4.12. The molecule has 3 N–H and O–H groups in total. The van der Waals surface area contributed by atoms with Crippen LogP contribution in [-0.2, 0) is 13.0 Å². The quantitative estimate of drug-likeness (QED) is 0.816. The number of nitrogens with one attached hydrogen (secondary N) is 3. The molecular weight excluding hydrogens is 290 g/mol. The zero-order chi connectivity index (χ0) is 15.6. The van der Waals surface area contributed by atoms with Crippen LogP contribution in [0.1, 0.15) is 36.4 Å². The Morgan fingerprint density at radius 2 is 2.22 bits per heavy atom. The summed E-state index contributed by atoms with van der Waals surface area (Å²) in [6, 6.07) is 6.33. The third-order valence-corrected chi connectivity index (χ3v) is 4.70. The highest BCUT2D eigenvalue weighted by atomic mass is 16.2. The predicted octanol–water partition coefficient (Wildman–Crippen LogP) is 2.90. The average Bonchev–Trinajstić information content (AvgIpc) is 2.93. The highest BCUT2D eigenvalue weighted by Gasteiger charge is 2.20. The Balaban J connectivity index is 1.43. The molecule has 2 aliphatic rings. The monoisotopic (exact) mass is 311 g/mol. The second kappa shape index (κ2) is 6.04. The van der Waals surface area contributed by atoms with Crippen molar-refractivity contribution in [1.29, 1.82) is 0 Å². The SMILES string of the molecule is O=C(Nc1cnn(C2CCC2)c1)Nc1cccc2c1CCNC2. The summed E-state index contributed by atoms with van der Waals surface area (Å²) in [5.74, 6) is 0. The van der Waals surface area contributed by atoms with Gasteiger partial charge >= 0.3 is 6.03 Å². The molecule has 0 unspecified atom stereocenters. The third-order valence-electron chi connectivity index (χ3n) is 4.70. The molecule has 1 saturated carbocycles. The normalized spacial score (nSPS) is 17.2. The molecule has 0 atom stereocenters. The van der Waals surface area contributed by atoms with Crippen LogP contribution in [0.2, 0.25) is 0 Å². The van der Waals surface area contributed by atoms with Crippen molar-refractivity contribution in [3.63, 3.8) is 0 Å². The first-order valence-electron chi connectivity index (χ1n) is 8.23. The van der Waals surface area contributed by atoms with Crippen molar-refractivity contribution in [2.24, 2.45) is 0 Å². The fraction of sp³-hybridized carbons (Fsp3) is 0.412. The average molecular weight is 311 g/mol. The van der Waals surface area contributed by atoms with Crippen LogP contribution in [0.25, 0.3) is 0 Å². The molecule has 1 fully saturated rings. The molecule has 4 rings (SSSR count). The molecule has 2 amide bonds. The summed E-state index contributed by atoms with van der Waals surface area (Å²) in [6.45, 7) is 1.81. The molecule has 2 aromatic rings. The Bertz CT molecular complexity index is 720. The van der Waals surface area contributed by atoms with Crippen LogP contribution in [0.15, 0.2) is 30.6 Å². The molecule has 0 radical (unpaired) electrons. The highest BCUT2D eigenvalue weighted by Crippen LogP contribution is 2.31. The summed E-state index contributed by atoms with van der Waals surface area (Å²) in [7, 11) is 0. The van der Waals surface area contributed by atoms with E-state index >= 15 is 0 Å². The van der Waals surface area contributed by atoms with Gasteiger partial charge in [0.05, 0.1) is 17.9 Å². The highest BCUT2D eigenvalue weighted by molar-refractivity contribution is 6.00. The smallest absolute Gasteiger partial charge is 0.312 e. The lowest BCUT2D eigenvalue weighted by Crippen LogP contribution is -2.26. The van der Waals surface area contributed by atoms with Crippen molar-refractivity contribution in [1.82, 2.24) is 15.1 Å². The number of benzene rings is 1. The van der Waals surface area contributed by atoms with Gasteiger partial charge in [-0.2, -0.15) is 5.10 Å². The molecule has 1 aliphatic heterocycles. The molecule has 0 saturated heterocycles. The summed E-state index contributed by atoms with van der Waals surface area (Å²) in [5, 5.41) is 13.5. The van der Waals surface area contributed by atoms with E-state index in [2.05, 4.69) is 27.1 Å². The zero-order valence-electron chi connectivity index (χ0n) is 13.0. The number of carbonyl (C=O) groups excluding carboxylic acids is 1. The molecule has 1 aromatic carbocycles. The standard InChI is InChI=1S/C17H21N5O/c23-17(20-13-10-19-22(11-13)14-4-2-5-14)21-16-6-1-3-12-9-18-8-7-15(12)16/h1,3,6,10-11,14,18H,2,4-5,7-9H2,(H2,20,21,23). The van der Waals surface area contributed by atoms with E-state index in [0.29, 0.717) is 6.04 Å². The lowest BCUT2D eigenvalue weighted by molar-refractivity contribution is 0.262. The Morgan fingerprint density at radius 1 is 1.30 bits per heavy atom. The van der Waals surface area contributed by atoms with E-state index in [-0.39, 0.29) is 6.03 Å². The topological polar surface area (TPSA) is 71.0 Å². The van der Waals surface area contributed by atoms with Crippen molar-refractivity contribution < 1.29 is 4.79 Å². The van der Waals surface area contributed by atoms with Crippen LogP contribution < -0.4 is 16.0 Å².